The molecule has 0 bridgehead atoms. The quantitative estimate of drug-likeness (QED) is 0.767. The number of anilines is 1. The average molecular weight is 342 g/mol. The van der Waals surface area contributed by atoms with Crippen molar-refractivity contribution < 1.29 is 22.7 Å². The molecule has 1 aliphatic rings. The minimum absolute atomic E-state index is 0.0325. The fourth-order valence-electron chi connectivity index (χ4n) is 2.61. The van der Waals surface area contributed by atoms with Gasteiger partial charge in [0.25, 0.3) is 0 Å². The van der Waals surface area contributed by atoms with Gasteiger partial charge in [-0.2, -0.15) is 0 Å². The Morgan fingerprint density at radius 2 is 2.22 bits per heavy atom. The molecule has 2 rings (SSSR count). The van der Waals surface area contributed by atoms with E-state index < -0.39 is 10.0 Å². The minimum Gasteiger partial charge on any atom is -0.382 e. The van der Waals surface area contributed by atoms with Gasteiger partial charge in [-0.05, 0) is 18.2 Å². The van der Waals surface area contributed by atoms with Crippen LogP contribution in [0.2, 0.25) is 0 Å². The summed E-state index contributed by atoms with van der Waals surface area (Å²) in [4.78, 5) is 13.7. The minimum atomic E-state index is -3.94. The van der Waals surface area contributed by atoms with E-state index in [0.29, 0.717) is 44.0 Å². The number of ether oxygens (including phenoxy) is 2. The van der Waals surface area contributed by atoms with Crippen LogP contribution >= 0.6 is 0 Å². The van der Waals surface area contributed by atoms with Crippen LogP contribution in [0.25, 0.3) is 0 Å². The molecule has 0 saturated carbocycles. The molecule has 0 aliphatic carbocycles. The fourth-order valence-corrected chi connectivity index (χ4v) is 3.39. The third-order valence-corrected chi connectivity index (χ3v) is 4.68. The largest absolute Gasteiger partial charge is 0.382 e. The van der Waals surface area contributed by atoms with Gasteiger partial charge in [0.15, 0.2) is 5.78 Å². The molecule has 0 radical (unpaired) electrons. The van der Waals surface area contributed by atoms with Crippen LogP contribution in [0, 0.1) is 0 Å². The zero-order valence-corrected chi connectivity index (χ0v) is 14.1. The van der Waals surface area contributed by atoms with E-state index in [9.17, 15) is 13.2 Å². The van der Waals surface area contributed by atoms with Crippen molar-refractivity contribution in [3.8, 4) is 0 Å². The highest BCUT2D eigenvalue weighted by Gasteiger charge is 2.26. The highest BCUT2D eigenvalue weighted by Crippen LogP contribution is 2.28. The van der Waals surface area contributed by atoms with Gasteiger partial charge in [0.2, 0.25) is 10.0 Å². The Morgan fingerprint density at radius 1 is 1.48 bits per heavy atom. The van der Waals surface area contributed by atoms with Crippen molar-refractivity contribution in [2.75, 3.05) is 38.3 Å². The molecule has 7 nitrogen and oxygen atoms in total. The van der Waals surface area contributed by atoms with E-state index in [1.807, 2.05) is 4.90 Å². The lowest BCUT2D eigenvalue weighted by atomic mass is 10.1. The number of hydrogen-bond acceptors (Lipinski definition) is 6. The fraction of sp³-hybridized carbons (Fsp3) is 0.533. The summed E-state index contributed by atoms with van der Waals surface area (Å²) in [5.74, 6) is -0.124. The van der Waals surface area contributed by atoms with Crippen LogP contribution in [-0.2, 0) is 19.5 Å². The predicted octanol–water partition coefficient (Wildman–Crippen LogP) is 0.778. The molecule has 1 atom stereocenters. The molecule has 1 heterocycles. The van der Waals surface area contributed by atoms with Crippen molar-refractivity contribution >= 4 is 21.5 Å². The standard InChI is InChI=1S/C15H22N2O5S/c1-3-14(18)11-4-5-13(15(8-11)23(16,19)20)17-6-7-22-12(9-17)10-21-2/h4-5,8,12H,3,6-7,9-10H2,1-2H3,(H2,16,19,20). The van der Waals surface area contributed by atoms with Gasteiger partial charge in [0.05, 0.1) is 25.0 Å². The summed E-state index contributed by atoms with van der Waals surface area (Å²) in [6.07, 6.45) is 0.163. The van der Waals surface area contributed by atoms with Gasteiger partial charge in [-0.25, -0.2) is 13.6 Å². The first-order valence-electron chi connectivity index (χ1n) is 7.42. The van der Waals surface area contributed by atoms with E-state index in [2.05, 4.69) is 0 Å². The van der Waals surface area contributed by atoms with E-state index in [-0.39, 0.29) is 16.8 Å². The summed E-state index contributed by atoms with van der Waals surface area (Å²) < 4.78 is 34.6. The second kappa shape index (κ2) is 7.39. The second-order valence-electron chi connectivity index (χ2n) is 5.40. The number of sulfonamides is 1. The maximum atomic E-state index is 12.0. The van der Waals surface area contributed by atoms with E-state index in [1.165, 1.54) is 6.07 Å². The Hall–Kier alpha value is -1.48. The number of rotatable bonds is 6. The highest BCUT2D eigenvalue weighted by molar-refractivity contribution is 7.89. The average Bonchev–Trinajstić information content (AvgIpc) is 2.53. The first-order chi connectivity index (χ1) is 10.9. The molecule has 2 N–H and O–H groups in total. The number of morpholine rings is 1. The van der Waals surface area contributed by atoms with Crippen molar-refractivity contribution in [2.45, 2.75) is 24.3 Å². The van der Waals surface area contributed by atoms with Crippen LogP contribution in [0.4, 0.5) is 5.69 Å². The number of nitrogens with two attached hydrogens (primary N) is 1. The molecular formula is C15H22N2O5S. The highest BCUT2D eigenvalue weighted by atomic mass is 32.2. The van der Waals surface area contributed by atoms with Crippen molar-refractivity contribution in [1.82, 2.24) is 0 Å². The lowest BCUT2D eigenvalue weighted by Gasteiger charge is -2.35. The molecule has 128 valence electrons. The maximum absolute atomic E-state index is 12.0. The van der Waals surface area contributed by atoms with Crippen LogP contribution in [0.3, 0.4) is 0 Å². The number of carbonyl (C=O) groups excluding carboxylic acids is 1. The number of nitrogens with zero attached hydrogens (tertiary/aromatic N) is 1. The van der Waals surface area contributed by atoms with Crippen molar-refractivity contribution in [2.24, 2.45) is 5.14 Å². The van der Waals surface area contributed by atoms with Crippen LogP contribution in [-0.4, -0.2) is 53.7 Å². The summed E-state index contributed by atoms with van der Waals surface area (Å²) in [7, 11) is -2.36. The Balaban J connectivity index is 2.39. The van der Waals surface area contributed by atoms with Crippen LogP contribution in [0.1, 0.15) is 23.7 Å². The van der Waals surface area contributed by atoms with Gasteiger partial charge in [0.1, 0.15) is 4.90 Å². The third kappa shape index (κ3) is 4.29. The van der Waals surface area contributed by atoms with Crippen LogP contribution in [0.5, 0.6) is 0 Å². The van der Waals surface area contributed by atoms with Crippen LogP contribution < -0.4 is 10.0 Å². The lowest BCUT2D eigenvalue weighted by Crippen LogP contribution is -2.45. The normalized spacial score (nSPS) is 18.9. The number of ketones is 1. The van der Waals surface area contributed by atoms with Gasteiger partial charge in [-0.1, -0.05) is 6.92 Å². The zero-order valence-electron chi connectivity index (χ0n) is 13.3. The summed E-state index contributed by atoms with van der Waals surface area (Å²) in [6, 6.07) is 4.63. The Labute approximate surface area is 136 Å². The van der Waals surface area contributed by atoms with Gasteiger partial charge in [0, 0.05) is 32.2 Å². The van der Waals surface area contributed by atoms with E-state index in [0.717, 1.165) is 0 Å². The lowest BCUT2D eigenvalue weighted by molar-refractivity contribution is -0.0101. The maximum Gasteiger partial charge on any atom is 0.240 e. The molecule has 1 unspecified atom stereocenters. The molecule has 1 saturated heterocycles. The van der Waals surface area contributed by atoms with Gasteiger partial charge < -0.3 is 14.4 Å². The monoisotopic (exact) mass is 342 g/mol. The number of primary sulfonamides is 1. The summed E-state index contributed by atoms with van der Waals surface area (Å²) in [5.41, 5.74) is 0.839. The smallest absolute Gasteiger partial charge is 0.240 e. The predicted molar refractivity (Wildman–Crippen MR) is 86.3 cm³/mol. The first kappa shape index (κ1) is 17.9. The molecule has 0 amide bonds. The number of hydrogen-bond donors (Lipinski definition) is 1. The Morgan fingerprint density at radius 3 is 2.83 bits per heavy atom. The summed E-state index contributed by atoms with van der Waals surface area (Å²) in [6.45, 7) is 3.66. The molecular weight excluding hydrogens is 320 g/mol. The molecule has 0 aromatic heterocycles. The number of carbonyl (C=O) groups is 1. The van der Waals surface area contributed by atoms with Gasteiger partial charge in [-0.3, -0.25) is 4.79 Å². The summed E-state index contributed by atoms with van der Waals surface area (Å²) >= 11 is 0. The first-order valence-corrected chi connectivity index (χ1v) is 8.97. The molecule has 1 fully saturated rings. The number of Topliss-reactive ketones (excluding diaryl/α,β-unsaturated/α-hetero) is 1. The SMILES string of the molecule is CCC(=O)c1ccc(N2CCOC(COC)C2)c(S(N)(=O)=O)c1. The number of methoxy groups -OCH3 is 1. The van der Waals surface area contributed by atoms with Gasteiger partial charge in [-0.15, -0.1) is 0 Å². The molecule has 0 spiro atoms. The van der Waals surface area contributed by atoms with Crippen molar-refractivity contribution in [3.05, 3.63) is 23.8 Å². The Kier molecular flexibility index (Phi) is 5.74. The Bertz CT molecular complexity index is 672. The molecule has 1 aromatic carbocycles. The van der Waals surface area contributed by atoms with E-state index >= 15 is 0 Å². The zero-order chi connectivity index (χ0) is 17.0. The van der Waals surface area contributed by atoms with Crippen LogP contribution in [0.15, 0.2) is 23.1 Å². The second-order valence-corrected chi connectivity index (χ2v) is 6.93. The number of benzene rings is 1. The molecule has 8 heteroatoms. The summed E-state index contributed by atoms with van der Waals surface area (Å²) in [5, 5.41) is 5.35. The molecule has 23 heavy (non-hydrogen) atoms. The third-order valence-electron chi connectivity index (χ3n) is 3.74. The van der Waals surface area contributed by atoms with Crippen molar-refractivity contribution in [1.29, 1.82) is 0 Å². The van der Waals surface area contributed by atoms with Gasteiger partial charge >= 0.3 is 0 Å². The van der Waals surface area contributed by atoms with E-state index in [4.69, 9.17) is 14.6 Å². The van der Waals surface area contributed by atoms with Crippen molar-refractivity contribution in [3.63, 3.8) is 0 Å². The molecule has 1 aliphatic heterocycles. The van der Waals surface area contributed by atoms with E-state index in [1.54, 1.807) is 26.2 Å². The molecule has 1 aromatic rings. The topological polar surface area (TPSA) is 98.9 Å².